The summed E-state index contributed by atoms with van der Waals surface area (Å²) in [5, 5.41) is 12.3. The van der Waals surface area contributed by atoms with Crippen LogP contribution in [0.1, 0.15) is 26.2 Å². The van der Waals surface area contributed by atoms with Gasteiger partial charge in [-0.1, -0.05) is 24.8 Å². The summed E-state index contributed by atoms with van der Waals surface area (Å²) in [4.78, 5) is 27.4. The number of azide groups is 1. The van der Waals surface area contributed by atoms with Crippen molar-refractivity contribution in [2.45, 2.75) is 57.6 Å². The second kappa shape index (κ2) is 8.21. The van der Waals surface area contributed by atoms with Gasteiger partial charge in [0.2, 0.25) is 0 Å². The Balaban J connectivity index is 2.47. The molecule has 9 heteroatoms. The minimum absolute atomic E-state index is 0.0471. The summed E-state index contributed by atoms with van der Waals surface area (Å²) < 4.78 is 5.54. The van der Waals surface area contributed by atoms with E-state index in [1.807, 2.05) is 6.92 Å². The second-order valence-electron chi connectivity index (χ2n) is 7.12. The normalized spacial score (nSPS) is 18.7. The van der Waals surface area contributed by atoms with Gasteiger partial charge in [-0.05, 0) is 37.6 Å². The molecule has 0 radical (unpaired) electrons. The molecule has 0 aromatic carbocycles. The fourth-order valence-electron chi connectivity index (χ4n) is 2.33. The van der Waals surface area contributed by atoms with Gasteiger partial charge in [0.1, 0.15) is 6.04 Å². The van der Waals surface area contributed by atoms with Gasteiger partial charge in [-0.3, -0.25) is 4.79 Å². The number of nitrogens with zero attached hydrogens (tertiary/aromatic N) is 4. The molecule has 1 fully saturated rings. The van der Waals surface area contributed by atoms with Gasteiger partial charge in [-0.15, -0.1) is 0 Å². The Kier molecular flexibility index (Phi) is 6.90. The van der Waals surface area contributed by atoms with Crippen LogP contribution < -0.4 is 0 Å². The number of carbonyl (C=O) groups is 2. The quantitative estimate of drug-likeness (QED) is 0.345. The van der Waals surface area contributed by atoms with E-state index < -0.39 is 20.1 Å². The first kappa shape index (κ1) is 19.3. The molecule has 8 nitrogen and oxygen atoms in total. The number of hydrogen-bond acceptors (Lipinski definition) is 4. The number of amides is 1. The number of carboxylic acids is 1. The van der Waals surface area contributed by atoms with Crippen LogP contribution in [-0.2, 0) is 9.53 Å². The Morgan fingerprint density at radius 1 is 1.39 bits per heavy atom. The molecule has 0 aliphatic carbocycles. The Hall–Kier alpha value is -1.73. The van der Waals surface area contributed by atoms with Crippen molar-refractivity contribution >= 4 is 20.1 Å². The molecular weight excluding hydrogens is 316 g/mol. The van der Waals surface area contributed by atoms with E-state index in [-0.39, 0.29) is 17.7 Å². The van der Waals surface area contributed by atoms with Crippen molar-refractivity contribution < 1.29 is 19.4 Å². The van der Waals surface area contributed by atoms with Crippen LogP contribution in [0.2, 0.25) is 19.6 Å². The van der Waals surface area contributed by atoms with Gasteiger partial charge < -0.3 is 14.7 Å². The summed E-state index contributed by atoms with van der Waals surface area (Å²) >= 11 is 0. The number of hydrogen-bond donors (Lipinski definition) is 1. The molecule has 0 spiro atoms. The highest BCUT2D eigenvalue weighted by molar-refractivity contribution is 6.77. The topological polar surface area (TPSA) is 116 Å². The van der Waals surface area contributed by atoms with E-state index in [1.165, 1.54) is 0 Å². The second-order valence-corrected chi connectivity index (χ2v) is 12.7. The molecule has 0 bridgehead atoms. The van der Waals surface area contributed by atoms with Crippen molar-refractivity contribution in [3.63, 3.8) is 0 Å². The minimum Gasteiger partial charge on any atom is -0.481 e. The molecule has 0 aromatic rings. The van der Waals surface area contributed by atoms with Crippen molar-refractivity contribution in [3.8, 4) is 0 Å². The fourth-order valence-corrected chi connectivity index (χ4v) is 2.78. The van der Waals surface area contributed by atoms with Gasteiger partial charge >= 0.3 is 12.1 Å². The predicted molar refractivity (Wildman–Crippen MR) is 88.8 cm³/mol. The molecule has 1 N–H and O–H groups in total. The zero-order chi connectivity index (χ0) is 17.6. The smallest absolute Gasteiger partial charge is 0.409 e. The highest BCUT2D eigenvalue weighted by atomic mass is 28.3. The number of carboxylic acid groups (broad SMARTS) is 1. The van der Waals surface area contributed by atoms with Crippen molar-refractivity contribution in [2.24, 2.45) is 11.0 Å². The maximum atomic E-state index is 12.2. The van der Waals surface area contributed by atoms with Crippen molar-refractivity contribution in [1.82, 2.24) is 4.90 Å². The van der Waals surface area contributed by atoms with Crippen LogP contribution >= 0.6 is 0 Å². The summed E-state index contributed by atoms with van der Waals surface area (Å²) in [7, 11) is -1.53. The Morgan fingerprint density at radius 3 is 2.39 bits per heavy atom. The highest BCUT2D eigenvalue weighted by Gasteiger charge is 2.31. The zero-order valence-electron chi connectivity index (χ0n) is 14.2. The lowest BCUT2D eigenvalue weighted by atomic mass is 9.90. The van der Waals surface area contributed by atoms with Crippen LogP contribution in [0.25, 0.3) is 10.4 Å². The number of carbonyl (C=O) groups excluding carboxylic acids is 1. The Morgan fingerprint density at radius 2 is 1.96 bits per heavy atom. The van der Waals surface area contributed by atoms with Gasteiger partial charge in [0.15, 0.2) is 0 Å². The first-order chi connectivity index (χ1) is 10.6. The number of likely N-dealkylation sites (tertiary alicyclic amines) is 1. The maximum absolute atomic E-state index is 12.2. The van der Waals surface area contributed by atoms with Crippen LogP contribution in [0.5, 0.6) is 0 Å². The standard InChI is InChI=1S/C14H26N4O4Si/c1-10(23(2,3)4)22-14(21)18-7-5-11(6-8-18)9-12(13(19)20)16-17-15/h10-12H,5-9H2,1-4H3,(H,19,20). The molecule has 0 aromatic heterocycles. The van der Waals surface area contributed by atoms with E-state index in [0.29, 0.717) is 32.4 Å². The third kappa shape index (κ3) is 6.11. The first-order valence-corrected chi connectivity index (χ1v) is 11.5. The van der Waals surface area contributed by atoms with Crippen LogP contribution in [0.3, 0.4) is 0 Å². The summed E-state index contributed by atoms with van der Waals surface area (Å²) in [6, 6.07) is -1.03. The van der Waals surface area contributed by atoms with E-state index in [9.17, 15) is 9.59 Å². The number of rotatable bonds is 6. The van der Waals surface area contributed by atoms with Crippen LogP contribution in [0.15, 0.2) is 5.11 Å². The number of piperidine rings is 1. The third-order valence-electron chi connectivity index (χ3n) is 4.40. The van der Waals surface area contributed by atoms with Crippen molar-refractivity contribution in [1.29, 1.82) is 0 Å². The minimum atomic E-state index is -1.53. The number of aliphatic carboxylic acids is 1. The van der Waals surface area contributed by atoms with Crippen molar-refractivity contribution in [3.05, 3.63) is 10.4 Å². The lowest BCUT2D eigenvalue weighted by Crippen LogP contribution is -2.45. The fraction of sp³-hybridized carbons (Fsp3) is 0.857. The SMILES string of the molecule is CC(OC(=O)N1CCC(CC(N=[N+]=[N-])C(=O)O)CC1)[Si](C)(C)C. The molecule has 130 valence electrons. The average Bonchev–Trinajstić information content (AvgIpc) is 2.46. The predicted octanol–water partition coefficient (Wildman–Crippen LogP) is 3.25. The van der Waals surface area contributed by atoms with E-state index in [4.69, 9.17) is 15.4 Å². The molecule has 1 rings (SSSR count). The molecule has 0 saturated carbocycles. The average molecular weight is 342 g/mol. The third-order valence-corrected chi connectivity index (χ3v) is 6.96. The van der Waals surface area contributed by atoms with E-state index in [1.54, 1.807) is 4.90 Å². The Labute approximate surface area is 137 Å². The molecule has 1 saturated heterocycles. The monoisotopic (exact) mass is 342 g/mol. The molecule has 1 aliphatic heterocycles. The summed E-state index contributed by atoms with van der Waals surface area (Å²) in [5.74, 6) is -0.964. The largest absolute Gasteiger partial charge is 0.481 e. The van der Waals surface area contributed by atoms with Crippen molar-refractivity contribution in [2.75, 3.05) is 13.1 Å². The highest BCUT2D eigenvalue weighted by Crippen LogP contribution is 2.24. The maximum Gasteiger partial charge on any atom is 0.409 e. The molecule has 23 heavy (non-hydrogen) atoms. The van der Waals surface area contributed by atoms with Gasteiger partial charge in [0, 0.05) is 18.0 Å². The lowest BCUT2D eigenvalue weighted by Gasteiger charge is -2.34. The summed E-state index contributed by atoms with van der Waals surface area (Å²) in [5.41, 5.74) is 8.36. The van der Waals surface area contributed by atoms with Crippen LogP contribution in [0.4, 0.5) is 4.79 Å². The number of ether oxygens (including phenoxy) is 1. The molecule has 2 atom stereocenters. The molecule has 1 amide bonds. The van der Waals surface area contributed by atoms with E-state index >= 15 is 0 Å². The molecule has 1 heterocycles. The van der Waals surface area contributed by atoms with Gasteiger partial charge in [0.05, 0.1) is 13.8 Å². The van der Waals surface area contributed by atoms with Crippen LogP contribution in [-0.4, -0.2) is 55.0 Å². The van der Waals surface area contributed by atoms with E-state index in [0.717, 1.165) is 0 Å². The lowest BCUT2D eigenvalue weighted by molar-refractivity contribution is -0.139. The Bertz CT molecular complexity index is 478. The van der Waals surface area contributed by atoms with Gasteiger partial charge in [-0.2, -0.15) is 0 Å². The molecule has 2 unspecified atom stereocenters. The van der Waals surface area contributed by atoms with Gasteiger partial charge in [0.25, 0.3) is 0 Å². The molecular formula is C14H26N4O4Si. The zero-order valence-corrected chi connectivity index (χ0v) is 15.2. The summed E-state index contributed by atoms with van der Waals surface area (Å²) in [6.45, 7) is 9.49. The van der Waals surface area contributed by atoms with E-state index in [2.05, 4.69) is 29.7 Å². The first-order valence-electron chi connectivity index (χ1n) is 7.87. The van der Waals surface area contributed by atoms with Gasteiger partial charge in [-0.25, -0.2) is 4.79 Å². The summed E-state index contributed by atoms with van der Waals surface area (Å²) in [6.07, 6.45) is 1.42. The molecule has 1 aliphatic rings. The van der Waals surface area contributed by atoms with Crippen LogP contribution in [0, 0.1) is 5.92 Å².